The van der Waals surface area contributed by atoms with Gasteiger partial charge in [0.1, 0.15) is 0 Å². The van der Waals surface area contributed by atoms with E-state index >= 15 is 0 Å². The minimum absolute atomic E-state index is 0.193. The van der Waals surface area contributed by atoms with Gasteiger partial charge in [0, 0.05) is 19.5 Å². The lowest BCUT2D eigenvalue weighted by molar-refractivity contribution is -0.144. The molecule has 1 amide bonds. The molecule has 1 saturated heterocycles. The van der Waals surface area contributed by atoms with Crippen molar-refractivity contribution in [2.75, 3.05) is 19.7 Å². The van der Waals surface area contributed by atoms with Crippen LogP contribution in [-0.4, -0.2) is 36.5 Å². The van der Waals surface area contributed by atoms with Crippen LogP contribution in [0, 0.1) is 5.92 Å². The first-order chi connectivity index (χ1) is 8.67. The number of hydrogen-bond acceptors (Lipinski definition) is 3. The zero-order valence-corrected chi connectivity index (χ0v) is 11.6. The Morgan fingerprint density at radius 2 is 2.17 bits per heavy atom. The fraction of sp³-hybridized carbons (Fsp3) is 0.857. The zero-order valence-electron chi connectivity index (χ0n) is 11.6. The minimum Gasteiger partial charge on any atom is -0.466 e. The van der Waals surface area contributed by atoms with Crippen molar-refractivity contribution in [2.45, 2.75) is 52.4 Å². The minimum atomic E-state index is -0.209. The lowest BCUT2D eigenvalue weighted by Gasteiger charge is -2.20. The van der Waals surface area contributed by atoms with E-state index in [4.69, 9.17) is 4.74 Å². The highest BCUT2D eigenvalue weighted by Crippen LogP contribution is 2.22. The summed E-state index contributed by atoms with van der Waals surface area (Å²) in [5.74, 6) is 0.657. The number of hydrogen-bond donors (Lipinski definition) is 0. The summed E-state index contributed by atoms with van der Waals surface area (Å²) in [5.41, 5.74) is 0. The van der Waals surface area contributed by atoms with Crippen LogP contribution >= 0.6 is 0 Å². The van der Waals surface area contributed by atoms with Gasteiger partial charge in [-0.15, -0.1) is 0 Å². The molecule has 0 radical (unpaired) electrons. The van der Waals surface area contributed by atoms with E-state index in [0.29, 0.717) is 31.9 Å². The molecule has 1 atom stereocenters. The van der Waals surface area contributed by atoms with Crippen LogP contribution < -0.4 is 0 Å². The van der Waals surface area contributed by atoms with Crippen LogP contribution in [0.3, 0.4) is 0 Å². The second-order valence-electron chi connectivity index (χ2n) is 4.92. The van der Waals surface area contributed by atoms with Crippen molar-refractivity contribution in [3.8, 4) is 0 Å². The van der Waals surface area contributed by atoms with Gasteiger partial charge in [0.15, 0.2) is 0 Å². The molecule has 0 aromatic rings. The Bertz CT molecular complexity index is 278. The maximum Gasteiger partial charge on any atom is 0.307 e. The van der Waals surface area contributed by atoms with E-state index in [1.54, 1.807) is 6.92 Å². The summed E-state index contributed by atoms with van der Waals surface area (Å²) in [6.45, 7) is 5.69. The largest absolute Gasteiger partial charge is 0.466 e. The first-order valence-corrected chi connectivity index (χ1v) is 7.10. The summed E-state index contributed by atoms with van der Waals surface area (Å²) < 4.78 is 4.88. The molecule has 0 saturated carbocycles. The fourth-order valence-corrected chi connectivity index (χ4v) is 2.49. The normalized spacial score (nSPS) is 20.7. The van der Waals surface area contributed by atoms with Crippen LogP contribution in [0.2, 0.25) is 0 Å². The molecule has 4 nitrogen and oxygen atoms in total. The average molecular weight is 255 g/mol. The predicted molar refractivity (Wildman–Crippen MR) is 70.1 cm³/mol. The number of rotatable bonds is 6. The fourth-order valence-electron chi connectivity index (χ4n) is 2.49. The smallest absolute Gasteiger partial charge is 0.307 e. The summed E-state index contributed by atoms with van der Waals surface area (Å²) >= 11 is 0. The number of ether oxygens (including phenoxy) is 1. The van der Waals surface area contributed by atoms with Crippen LogP contribution in [0.1, 0.15) is 52.4 Å². The molecule has 1 aliphatic rings. The molecule has 0 aliphatic carbocycles. The van der Waals surface area contributed by atoms with Gasteiger partial charge in [-0.3, -0.25) is 9.59 Å². The lowest BCUT2D eigenvalue weighted by atomic mass is 9.96. The van der Waals surface area contributed by atoms with Gasteiger partial charge in [-0.1, -0.05) is 19.8 Å². The van der Waals surface area contributed by atoms with E-state index in [9.17, 15) is 9.59 Å². The topological polar surface area (TPSA) is 46.6 Å². The van der Waals surface area contributed by atoms with Crippen molar-refractivity contribution in [3.05, 3.63) is 0 Å². The Morgan fingerprint density at radius 3 is 2.83 bits per heavy atom. The van der Waals surface area contributed by atoms with E-state index in [-0.39, 0.29) is 11.9 Å². The van der Waals surface area contributed by atoms with E-state index < -0.39 is 0 Å². The number of nitrogens with zero attached hydrogens (tertiary/aromatic N) is 1. The summed E-state index contributed by atoms with van der Waals surface area (Å²) in [5, 5.41) is 0. The highest BCUT2D eigenvalue weighted by molar-refractivity contribution is 5.77. The van der Waals surface area contributed by atoms with Gasteiger partial charge in [0.05, 0.1) is 13.0 Å². The van der Waals surface area contributed by atoms with Gasteiger partial charge in [-0.25, -0.2) is 0 Å². The van der Waals surface area contributed by atoms with Gasteiger partial charge in [-0.2, -0.15) is 0 Å². The van der Waals surface area contributed by atoms with E-state index in [1.165, 1.54) is 12.8 Å². The summed E-state index contributed by atoms with van der Waals surface area (Å²) in [6.07, 6.45) is 5.41. The zero-order chi connectivity index (χ0) is 13.4. The Kier molecular flexibility index (Phi) is 6.76. The summed E-state index contributed by atoms with van der Waals surface area (Å²) in [4.78, 5) is 25.0. The molecule has 1 heterocycles. The third-order valence-electron chi connectivity index (χ3n) is 3.51. The van der Waals surface area contributed by atoms with E-state index in [1.807, 2.05) is 4.90 Å². The van der Waals surface area contributed by atoms with Crippen molar-refractivity contribution >= 4 is 11.9 Å². The third-order valence-corrected chi connectivity index (χ3v) is 3.51. The number of likely N-dealkylation sites (tertiary alicyclic amines) is 1. The molecule has 0 aromatic heterocycles. The molecule has 4 heteroatoms. The van der Waals surface area contributed by atoms with Crippen molar-refractivity contribution in [1.29, 1.82) is 0 Å². The molecule has 0 bridgehead atoms. The molecule has 1 fully saturated rings. The second kappa shape index (κ2) is 8.11. The number of carbonyl (C=O) groups is 2. The lowest BCUT2D eigenvalue weighted by Crippen LogP contribution is -2.32. The highest BCUT2D eigenvalue weighted by atomic mass is 16.5. The number of amides is 1. The Morgan fingerprint density at radius 1 is 1.39 bits per heavy atom. The molecule has 0 spiro atoms. The van der Waals surface area contributed by atoms with E-state index in [0.717, 1.165) is 19.4 Å². The van der Waals surface area contributed by atoms with Crippen molar-refractivity contribution in [2.24, 2.45) is 5.92 Å². The maximum absolute atomic E-state index is 11.9. The number of carbonyl (C=O) groups excluding carboxylic acids is 2. The van der Waals surface area contributed by atoms with Crippen molar-refractivity contribution in [3.63, 3.8) is 0 Å². The SMILES string of the molecule is CCCC1CCC(=O)N(CCC(=O)OCC)CC1. The molecule has 0 N–H and O–H groups in total. The van der Waals surface area contributed by atoms with Gasteiger partial charge >= 0.3 is 5.97 Å². The Labute approximate surface area is 110 Å². The van der Waals surface area contributed by atoms with Crippen LogP contribution in [0.15, 0.2) is 0 Å². The van der Waals surface area contributed by atoms with Crippen LogP contribution in [0.4, 0.5) is 0 Å². The first-order valence-electron chi connectivity index (χ1n) is 7.10. The van der Waals surface area contributed by atoms with Crippen LogP contribution in [0.5, 0.6) is 0 Å². The molecular weight excluding hydrogens is 230 g/mol. The third kappa shape index (κ3) is 5.07. The van der Waals surface area contributed by atoms with Crippen LogP contribution in [0.25, 0.3) is 0 Å². The monoisotopic (exact) mass is 255 g/mol. The summed E-state index contributed by atoms with van der Waals surface area (Å²) in [7, 11) is 0. The first kappa shape index (κ1) is 15.0. The molecule has 18 heavy (non-hydrogen) atoms. The van der Waals surface area contributed by atoms with Gasteiger partial charge in [-0.05, 0) is 25.7 Å². The Hall–Kier alpha value is -1.06. The molecule has 1 rings (SSSR count). The maximum atomic E-state index is 11.9. The van der Waals surface area contributed by atoms with Crippen molar-refractivity contribution in [1.82, 2.24) is 4.90 Å². The van der Waals surface area contributed by atoms with Gasteiger partial charge < -0.3 is 9.64 Å². The molecular formula is C14H25NO3. The second-order valence-corrected chi connectivity index (χ2v) is 4.92. The molecule has 1 aliphatic heterocycles. The van der Waals surface area contributed by atoms with Crippen LogP contribution in [-0.2, 0) is 14.3 Å². The summed E-state index contributed by atoms with van der Waals surface area (Å²) in [6, 6.07) is 0. The number of esters is 1. The molecule has 0 aromatic carbocycles. The van der Waals surface area contributed by atoms with Gasteiger partial charge in [0.25, 0.3) is 0 Å². The van der Waals surface area contributed by atoms with Gasteiger partial charge in [0.2, 0.25) is 5.91 Å². The predicted octanol–water partition coefficient (Wildman–Crippen LogP) is 2.37. The average Bonchev–Trinajstić information content (AvgIpc) is 2.51. The quantitative estimate of drug-likeness (QED) is 0.685. The highest BCUT2D eigenvalue weighted by Gasteiger charge is 2.22. The van der Waals surface area contributed by atoms with E-state index in [2.05, 4.69) is 6.92 Å². The molecule has 1 unspecified atom stereocenters. The molecule has 104 valence electrons. The Balaban J connectivity index is 2.36. The standard InChI is InChI=1S/C14H25NO3/c1-3-5-12-6-7-13(16)15(10-8-12)11-9-14(17)18-4-2/h12H,3-11H2,1-2H3. The van der Waals surface area contributed by atoms with Crippen molar-refractivity contribution < 1.29 is 14.3 Å².